The van der Waals surface area contributed by atoms with Gasteiger partial charge in [0.15, 0.2) is 5.11 Å². The molecule has 0 unspecified atom stereocenters. The quantitative estimate of drug-likeness (QED) is 0.189. The standard InChI is InChI=1S/C20H32ClN3S/c1-2-3-4-5-6-7-8-9-10-11-16-22-20(25)24-23-17-18-12-14-19(21)15-13-18/h12-15,17H,2-11,16H2,1H3,(H2,22,24,25)/b23-17-. The Kier molecular flexibility index (Phi) is 13.3. The minimum atomic E-state index is 0.570. The average molecular weight is 382 g/mol. The van der Waals surface area contributed by atoms with Crippen LogP contribution in [-0.2, 0) is 0 Å². The van der Waals surface area contributed by atoms with Gasteiger partial charge in [0.25, 0.3) is 0 Å². The minimum absolute atomic E-state index is 0.570. The molecule has 0 atom stereocenters. The summed E-state index contributed by atoms with van der Waals surface area (Å²) in [5.74, 6) is 0. The maximum atomic E-state index is 5.84. The van der Waals surface area contributed by atoms with Crippen molar-refractivity contribution in [1.29, 1.82) is 0 Å². The molecule has 25 heavy (non-hydrogen) atoms. The molecule has 1 rings (SSSR count). The Labute approximate surface area is 163 Å². The number of unbranched alkanes of at least 4 members (excludes halogenated alkanes) is 9. The first-order valence-corrected chi connectivity index (χ1v) is 10.3. The SMILES string of the molecule is CCCCCCCCCCCCNC(=S)N/N=C\c1ccc(Cl)cc1. The van der Waals surface area contributed by atoms with Crippen molar-refractivity contribution >= 4 is 35.1 Å². The van der Waals surface area contributed by atoms with Crippen molar-refractivity contribution in [2.45, 2.75) is 71.1 Å². The maximum Gasteiger partial charge on any atom is 0.186 e. The summed E-state index contributed by atoms with van der Waals surface area (Å²) in [5, 5.41) is 8.60. The lowest BCUT2D eigenvalue weighted by Gasteiger charge is -2.07. The minimum Gasteiger partial charge on any atom is -0.361 e. The van der Waals surface area contributed by atoms with Crippen molar-refractivity contribution in [3.63, 3.8) is 0 Å². The second-order valence-electron chi connectivity index (χ2n) is 6.36. The highest BCUT2D eigenvalue weighted by Gasteiger charge is 1.95. The van der Waals surface area contributed by atoms with Crippen LogP contribution in [0.2, 0.25) is 5.02 Å². The number of thiocarbonyl (C=S) groups is 1. The smallest absolute Gasteiger partial charge is 0.186 e. The van der Waals surface area contributed by atoms with E-state index in [9.17, 15) is 0 Å². The number of nitrogens with zero attached hydrogens (tertiary/aromatic N) is 1. The molecule has 0 aliphatic carbocycles. The molecule has 0 saturated heterocycles. The van der Waals surface area contributed by atoms with Crippen molar-refractivity contribution in [1.82, 2.24) is 10.7 Å². The van der Waals surface area contributed by atoms with Gasteiger partial charge in [0.05, 0.1) is 6.21 Å². The molecule has 0 aromatic heterocycles. The van der Waals surface area contributed by atoms with Crippen LogP contribution in [0.4, 0.5) is 0 Å². The zero-order valence-electron chi connectivity index (χ0n) is 15.4. The molecule has 0 aliphatic rings. The van der Waals surface area contributed by atoms with Crippen molar-refractivity contribution in [3.05, 3.63) is 34.9 Å². The average Bonchev–Trinajstić information content (AvgIpc) is 2.61. The molecule has 0 amide bonds. The molecule has 0 radical (unpaired) electrons. The molecule has 0 saturated carbocycles. The summed E-state index contributed by atoms with van der Waals surface area (Å²) in [6.45, 7) is 3.17. The van der Waals surface area contributed by atoms with Crippen LogP contribution < -0.4 is 10.7 Å². The highest BCUT2D eigenvalue weighted by Crippen LogP contribution is 2.10. The van der Waals surface area contributed by atoms with Crippen LogP contribution in [0, 0.1) is 0 Å². The number of halogens is 1. The van der Waals surface area contributed by atoms with Gasteiger partial charge in [-0.3, -0.25) is 5.43 Å². The molecule has 1 aromatic rings. The lowest BCUT2D eigenvalue weighted by molar-refractivity contribution is 0.554. The highest BCUT2D eigenvalue weighted by atomic mass is 35.5. The lowest BCUT2D eigenvalue weighted by Crippen LogP contribution is -2.32. The van der Waals surface area contributed by atoms with Crippen LogP contribution >= 0.6 is 23.8 Å². The van der Waals surface area contributed by atoms with E-state index in [0.29, 0.717) is 5.11 Å². The fourth-order valence-electron chi connectivity index (χ4n) is 2.57. The number of hydrazone groups is 1. The molecule has 5 heteroatoms. The van der Waals surface area contributed by atoms with Crippen molar-refractivity contribution in [2.24, 2.45) is 5.10 Å². The Morgan fingerprint density at radius 2 is 1.52 bits per heavy atom. The molecule has 0 spiro atoms. The number of hydrogen-bond donors (Lipinski definition) is 2. The summed E-state index contributed by atoms with van der Waals surface area (Å²) < 4.78 is 0. The van der Waals surface area contributed by atoms with Crippen LogP contribution in [-0.4, -0.2) is 17.9 Å². The number of rotatable bonds is 13. The Hall–Kier alpha value is -1.13. The summed E-state index contributed by atoms with van der Waals surface area (Å²) in [7, 11) is 0. The van der Waals surface area contributed by atoms with Gasteiger partial charge in [-0.2, -0.15) is 5.10 Å². The third-order valence-electron chi connectivity index (χ3n) is 4.07. The monoisotopic (exact) mass is 381 g/mol. The first-order valence-electron chi connectivity index (χ1n) is 9.55. The largest absolute Gasteiger partial charge is 0.361 e. The number of nitrogens with one attached hydrogen (secondary N) is 2. The van der Waals surface area contributed by atoms with Crippen molar-refractivity contribution in [3.8, 4) is 0 Å². The molecule has 2 N–H and O–H groups in total. The highest BCUT2D eigenvalue weighted by molar-refractivity contribution is 7.80. The topological polar surface area (TPSA) is 36.4 Å². The van der Waals surface area contributed by atoms with Gasteiger partial charge in [-0.15, -0.1) is 0 Å². The van der Waals surface area contributed by atoms with E-state index in [2.05, 4.69) is 22.8 Å². The van der Waals surface area contributed by atoms with E-state index in [4.69, 9.17) is 23.8 Å². The first-order chi connectivity index (χ1) is 12.2. The summed E-state index contributed by atoms with van der Waals surface area (Å²) in [4.78, 5) is 0. The first kappa shape index (κ1) is 21.9. The second-order valence-corrected chi connectivity index (χ2v) is 7.20. The molecule has 3 nitrogen and oxygen atoms in total. The molecule has 140 valence electrons. The van der Waals surface area contributed by atoms with Crippen molar-refractivity contribution < 1.29 is 0 Å². The van der Waals surface area contributed by atoms with E-state index in [1.54, 1.807) is 6.21 Å². The Bertz CT molecular complexity index is 488. The van der Waals surface area contributed by atoms with Gasteiger partial charge in [-0.05, 0) is 36.3 Å². The lowest BCUT2D eigenvalue weighted by atomic mass is 10.1. The summed E-state index contributed by atoms with van der Waals surface area (Å²) >= 11 is 11.0. The van der Waals surface area contributed by atoms with Gasteiger partial charge < -0.3 is 5.32 Å². The fourth-order valence-corrected chi connectivity index (χ4v) is 2.85. The van der Waals surface area contributed by atoms with Gasteiger partial charge in [0.1, 0.15) is 0 Å². The second kappa shape index (κ2) is 15.2. The van der Waals surface area contributed by atoms with Gasteiger partial charge in [-0.25, -0.2) is 0 Å². The Balaban J connectivity index is 1.92. The number of benzene rings is 1. The van der Waals surface area contributed by atoms with E-state index >= 15 is 0 Å². The van der Waals surface area contributed by atoms with E-state index < -0.39 is 0 Å². The molecule has 0 aliphatic heterocycles. The fraction of sp³-hybridized carbons (Fsp3) is 0.600. The molecule has 1 aromatic carbocycles. The van der Waals surface area contributed by atoms with E-state index in [1.165, 1.54) is 57.8 Å². The van der Waals surface area contributed by atoms with Crippen LogP contribution in [0.5, 0.6) is 0 Å². The summed E-state index contributed by atoms with van der Waals surface area (Å²) in [6, 6.07) is 7.50. The zero-order chi connectivity index (χ0) is 18.2. The predicted octanol–water partition coefficient (Wildman–Crippen LogP) is 6.06. The van der Waals surface area contributed by atoms with Gasteiger partial charge in [-0.1, -0.05) is 88.4 Å². The van der Waals surface area contributed by atoms with E-state index in [-0.39, 0.29) is 0 Å². The van der Waals surface area contributed by atoms with Crippen LogP contribution in [0.25, 0.3) is 0 Å². The number of hydrogen-bond acceptors (Lipinski definition) is 2. The normalized spacial score (nSPS) is 11.0. The molecule has 0 heterocycles. The van der Waals surface area contributed by atoms with E-state index in [1.807, 2.05) is 24.3 Å². The zero-order valence-corrected chi connectivity index (χ0v) is 17.0. The van der Waals surface area contributed by atoms with Gasteiger partial charge >= 0.3 is 0 Å². The van der Waals surface area contributed by atoms with Gasteiger partial charge in [0.2, 0.25) is 0 Å². The maximum absolute atomic E-state index is 5.84. The Morgan fingerprint density at radius 3 is 2.12 bits per heavy atom. The summed E-state index contributed by atoms with van der Waals surface area (Å²) in [5.41, 5.74) is 3.82. The predicted molar refractivity (Wildman–Crippen MR) is 115 cm³/mol. The van der Waals surface area contributed by atoms with E-state index in [0.717, 1.165) is 23.6 Å². The Morgan fingerprint density at radius 1 is 0.960 bits per heavy atom. The summed E-state index contributed by atoms with van der Waals surface area (Å²) in [6.07, 6.45) is 15.2. The third kappa shape index (κ3) is 12.8. The molecule has 0 fully saturated rings. The molecule has 0 bridgehead atoms. The van der Waals surface area contributed by atoms with Gasteiger partial charge in [0, 0.05) is 11.6 Å². The van der Waals surface area contributed by atoms with Crippen molar-refractivity contribution in [2.75, 3.05) is 6.54 Å². The van der Waals surface area contributed by atoms with Crippen LogP contribution in [0.3, 0.4) is 0 Å². The third-order valence-corrected chi connectivity index (χ3v) is 4.55. The molecular weight excluding hydrogens is 350 g/mol. The van der Waals surface area contributed by atoms with Crippen LogP contribution in [0.1, 0.15) is 76.7 Å². The molecular formula is C20H32ClN3S. The van der Waals surface area contributed by atoms with Crippen LogP contribution in [0.15, 0.2) is 29.4 Å².